The molecule has 2 fully saturated rings. The van der Waals surface area contributed by atoms with Gasteiger partial charge in [-0.25, -0.2) is 18.2 Å². The van der Waals surface area contributed by atoms with Gasteiger partial charge in [-0.3, -0.25) is 14.3 Å². The third kappa shape index (κ3) is 8.47. The molecule has 2 saturated heterocycles. The van der Waals surface area contributed by atoms with Crippen LogP contribution in [-0.2, 0) is 27.9 Å². The number of pyridine rings is 1. The molecular weight excluding hydrogens is 579 g/mol. The molecule has 0 atom stereocenters. The van der Waals surface area contributed by atoms with Crippen LogP contribution in [0.3, 0.4) is 0 Å². The highest BCUT2D eigenvalue weighted by Crippen LogP contribution is 2.20. The minimum atomic E-state index is -5.08. The summed E-state index contributed by atoms with van der Waals surface area (Å²) in [6, 6.07) is 11.4. The monoisotopic (exact) mass is 611 g/mol. The molecule has 2 aliphatic rings. The number of nitrogens with one attached hydrogen (secondary N) is 2. The number of rotatable bonds is 8. The van der Waals surface area contributed by atoms with Crippen molar-refractivity contribution in [3.63, 3.8) is 0 Å². The Hall–Kier alpha value is -3.60. The molecular formula is C26H32F3N7O5S. The van der Waals surface area contributed by atoms with Gasteiger partial charge in [-0.15, -0.1) is 0 Å². The van der Waals surface area contributed by atoms with Crippen molar-refractivity contribution < 1.29 is 31.5 Å². The first-order chi connectivity index (χ1) is 19.8. The van der Waals surface area contributed by atoms with Crippen molar-refractivity contribution in [2.45, 2.75) is 25.7 Å². The molecule has 0 unspecified atom stereocenters. The maximum atomic E-state index is 12.6. The van der Waals surface area contributed by atoms with Crippen LogP contribution in [0.25, 0.3) is 11.0 Å². The highest BCUT2D eigenvalue weighted by Gasteiger charge is 2.38. The third-order valence-corrected chi connectivity index (χ3v) is 8.29. The van der Waals surface area contributed by atoms with Gasteiger partial charge in [0.05, 0.1) is 6.26 Å². The Balaban J connectivity index is 0.000000517. The van der Waals surface area contributed by atoms with Crippen LogP contribution in [0.5, 0.6) is 0 Å². The fourth-order valence-electron chi connectivity index (χ4n) is 4.57. The van der Waals surface area contributed by atoms with Crippen LogP contribution in [0.15, 0.2) is 47.4 Å². The Morgan fingerprint density at radius 3 is 2.43 bits per heavy atom. The summed E-state index contributed by atoms with van der Waals surface area (Å²) >= 11 is 0. The minimum Gasteiger partial charge on any atom is -0.475 e. The first kappa shape index (κ1) is 31.3. The lowest BCUT2D eigenvalue weighted by molar-refractivity contribution is -0.192. The van der Waals surface area contributed by atoms with Gasteiger partial charge in [0.2, 0.25) is 16.0 Å². The molecule has 0 aliphatic carbocycles. The second-order valence-corrected chi connectivity index (χ2v) is 12.2. The molecule has 0 saturated carbocycles. The number of benzene rings is 1. The summed E-state index contributed by atoms with van der Waals surface area (Å²) in [5.41, 5.74) is 2.58. The molecule has 2 aromatic heterocycles. The van der Waals surface area contributed by atoms with Gasteiger partial charge in [0.15, 0.2) is 0 Å². The molecule has 1 aromatic carbocycles. The van der Waals surface area contributed by atoms with Crippen molar-refractivity contribution in [1.82, 2.24) is 29.1 Å². The maximum Gasteiger partial charge on any atom is 0.490 e. The summed E-state index contributed by atoms with van der Waals surface area (Å²) in [5, 5.41) is 14.5. The molecule has 0 radical (unpaired) electrons. The lowest BCUT2D eigenvalue weighted by Gasteiger charge is -2.33. The Kier molecular flexibility index (Phi) is 9.81. The van der Waals surface area contributed by atoms with Crippen molar-refractivity contribution in [2.75, 3.05) is 50.8 Å². The van der Waals surface area contributed by atoms with E-state index in [0.29, 0.717) is 50.2 Å². The zero-order valence-corrected chi connectivity index (χ0v) is 23.7. The number of aryl methyl sites for hydroxylation is 1. The van der Waals surface area contributed by atoms with Gasteiger partial charge in [-0.1, -0.05) is 12.1 Å². The number of nitrogens with zero attached hydrogens (tertiary/aromatic N) is 5. The zero-order chi connectivity index (χ0) is 30.5. The highest BCUT2D eigenvalue weighted by atomic mass is 32.2. The van der Waals surface area contributed by atoms with Crippen LogP contribution < -0.4 is 16.2 Å². The van der Waals surface area contributed by atoms with Crippen LogP contribution in [0.4, 0.5) is 24.8 Å². The van der Waals surface area contributed by atoms with Crippen LogP contribution in [-0.4, -0.2) is 94.9 Å². The number of carbonyl (C=O) groups is 1. The molecule has 3 aromatic rings. The number of alkyl halides is 3. The number of anilines is 2. The standard InChI is InChI=1S/C24H31N7O3S.C2HF3O2/c1-35(33,34)30-11-9-29(10-12-30)17-18-3-2-4-21(13-18)27-24-26-16-20-5-6-22(32)31(23(20)28-24)8-7-19-14-25-15-19;3-2(4,5)1(6)7/h2-6,13,16,19,25H,7-12,14-15,17H2,1H3,(H,26,27,28);(H,6,7). The summed E-state index contributed by atoms with van der Waals surface area (Å²) in [5.74, 6) is -1.71. The van der Waals surface area contributed by atoms with Crippen molar-refractivity contribution in [3.05, 3.63) is 58.5 Å². The van der Waals surface area contributed by atoms with Crippen LogP contribution >= 0.6 is 0 Å². The quantitative estimate of drug-likeness (QED) is 0.345. The Morgan fingerprint density at radius 1 is 1.14 bits per heavy atom. The maximum absolute atomic E-state index is 12.6. The Morgan fingerprint density at radius 2 is 1.83 bits per heavy atom. The highest BCUT2D eigenvalue weighted by molar-refractivity contribution is 7.88. The third-order valence-electron chi connectivity index (χ3n) is 6.98. The van der Waals surface area contributed by atoms with E-state index in [4.69, 9.17) is 9.90 Å². The van der Waals surface area contributed by atoms with Gasteiger partial charge in [0, 0.05) is 62.6 Å². The molecule has 0 amide bonds. The molecule has 0 bridgehead atoms. The molecule has 228 valence electrons. The van der Waals surface area contributed by atoms with Crippen LogP contribution in [0.1, 0.15) is 12.0 Å². The molecule has 5 rings (SSSR count). The van der Waals surface area contributed by atoms with E-state index in [0.717, 1.165) is 42.7 Å². The molecule has 0 spiro atoms. The first-order valence-corrected chi connectivity index (χ1v) is 15.1. The topological polar surface area (TPSA) is 150 Å². The summed E-state index contributed by atoms with van der Waals surface area (Å²) in [4.78, 5) is 32.8. The van der Waals surface area contributed by atoms with Gasteiger partial charge < -0.3 is 15.7 Å². The molecule has 16 heteroatoms. The van der Waals surface area contributed by atoms with Crippen LogP contribution in [0, 0.1) is 5.92 Å². The summed E-state index contributed by atoms with van der Waals surface area (Å²) < 4.78 is 58.5. The van der Waals surface area contributed by atoms with Gasteiger partial charge in [-0.05, 0) is 49.2 Å². The fourth-order valence-corrected chi connectivity index (χ4v) is 5.39. The van der Waals surface area contributed by atoms with E-state index in [1.165, 1.54) is 10.6 Å². The Bertz CT molecular complexity index is 1570. The number of aliphatic carboxylic acids is 1. The molecule has 3 N–H and O–H groups in total. The lowest BCUT2D eigenvalue weighted by atomic mass is 9.99. The molecule has 42 heavy (non-hydrogen) atoms. The number of carboxylic acids is 1. The van der Waals surface area contributed by atoms with Crippen molar-refractivity contribution >= 4 is 38.7 Å². The molecule has 2 aliphatic heterocycles. The van der Waals surface area contributed by atoms with E-state index in [2.05, 4.69) is 37.6 Å². The SMILES string of the molecule is CS(=O)(=O)N1CCN(Cc2cccc(Nc3ncc4ccc(=O)n(CCC5CNC5)c4n3)c2)CC1.O=C(O)C(F)(F)F. The largest absolute Gasteiger partial charge is 0.490 e. The van der Waals surface area contributed by atoms with Crippen LogP contribution in [0.2, 0.25) is 0 Å². The smallest absolute Gasteiger partial charge is 0.475 e. The molecule has 4 heterocycles. The normalized spacial score (nSPS) is 16.9. The van der Waals surface area contributed by atoms with E-state index in [1.807, 2.05) is 12.1 Å². The molecule has 12 nitrogen and oxygen atoms in total. The minimum absolute atomic E-state index is 0.0487. The number of halogens is 3. The van der Waals surface area contributed by atoms with Crippen molar-refractivity contribution in [2.24, 2.45) is 5.92 Å². The number of sulfonamides is 1. The predicted molar refractivity (Wildman–Crippen MR) is 150 cm³/mol. The summed E-state index contributed by atoms with van der Waals surface area (Å²) in [6.07, 6.45) is -1.13. The van der Waals surface area contributed by atoms with E-state index in [9.17, 15) is 26.4 Å². The number of carboxylic acid groups (broad SMARTS) is 1. The Labute approximate surface area is 240 Å². The average Bonchev–Trinajstić information content (AvgIpc) is 2.89. The summed E-state index contributed by atoms with van der Waals surface area (Å²) in [6.45, 7) is 5.82. The number of fused-ring (bicyclic) bond motifs is 1. The average molecular weight is 612 g/mol. The van der Waals surface area contributed by atoms with Gasteiger partial charge in [0.1, 0.15) is 5.65 Å². The number of aromatic nitrogens is 3. The lowest BCUT2D eigenvalue weighted by Crippen LogP contribution is -2.47. The predicted octanol–water partition coefficient (Wildman–Crippen LogP) is 1.86. The van der Waals surface area contributed by atoms with Crippen molar-refractivity contribution in [3.8, 4) is 0 Å². The van der Waals surface area contributed by atoms with Gasteiger partial charge in [-0.2, -0.15) is 22.5 Å². The second-order valence-electron chi connectivity index (χ2n) is 10.2. The van der Waals surface area contributed by atoms with Crippen molar-refractivity contribution in [1.29, 1.82) is 0 Å². The van der Waals surface area contributed by atoms with Gasteiger partial charge >= 0.3 is 12.1 Å². The van der Waals surface area contributed by atoms with Gasteiger partial charge in [0.25, 0.3) is 5.56 Å². The van der Waals surface area contributed by atoms with E-state index < -0.39 is 22.2 Å². The van der Waals surface area contributed by atoms with E-state index in [-0.39, 0.29) is 5.56 Å². The zero-order valence-electron chi connectivity index (χ0n) is 22.8. The number of piperazine rings is 1. The first-order valence-electron chi connectivity index (χ1n) is 13.2. The fraction of sp³-hybridized carbons (Fsp3) is 0.462. The summed E-state index contributed by atoms with van der Waals surface area (Å²) in [7, 11) is -3.13. The van der Waals surface area contributed by atoms with E-state index >= 15 is 0 Å². The number of hydrogen-bond acceptors (Lipinski definition) is 9. The van der Waals surface area contributed by atoms with E-state index in [1.54, 1.807) is 22.9 Å². The second kappa shape index (κ2) is 13.1. The number of hydrogen-bond donors (Lipinski definition) is 3.